The molecule has 2 aliphatic heterocycles. The highest BCUT2D eigenvalue weighted by atomic mass is 19.1. The molecule has 0 spiro atoms. The Balaban J connectivity index is 1.87. The minimum absolute atomic E-state index is 0.0585. The molecule has 0 radical (unpaired) electrons. The lowest BCUT2D eigenvalue weighted by Gasteiger charge is -2.32. The molecule has 164 valence electrons. The number of benzene rings is 1. The molecule has 2 amide bonds. The summed E-state index contributed by atoms with van der Waals surface area (Å²) in [6.45, 7) is 8.70. The van der Waals surface area contributed by atoms with E-state index in [0.29, 0.717) is 5.46 Å². The molecule has 2 fully saturated rings. The molecule has 3 rings (SSSR count). The van der Waals surface area contributed by atoms with Gasteiger partial charge in [0.2, 0.25) is 0 Å². The summed E-state index contributed by atoms with van der Waals surface area (Å²) in [6.07, 6.45) is -2.54. The molecule has 0 bridgehead atoms. The Bertz CT molecular complexity index is 848. The van der Waals surface area contributed by atoms with Gasteiger partial charge in [0.05, 0.1) is 23.8 Å². The first-order chi connectivity index (χ1) is 13.9. The van der Waals surface area contributed by atoms with Gasteiger partial charge in [-0.15, -0.1) is 0 Å². The maximum atomic E-state index is 14.8. The topological polar surface area (TPSA) is 88.1 Å². The van der Waals surface area contributed by atoms with Crippen LogP contribution in [0.4, 0.5) is 13.6 Å². The van der Waals surface area contributed by atoms with Crippen LogP contribution in [-0.4, -0.2) is 65.6 Å². The average Bonchev–Trinajstić information content (AvgIpc) is 3.10. The number of hydrogen-bond donors (Lipinski definition) is 2. The van der Waals surface area contributed by atoms with Gasteiger partial charge in [-0.05, 0) is 51.7 Å². The Morgan fingerprint density at radius 2 is 1.83 bits per heavy atom. The average molecular weight is 424 g/mol. The van der Waals surface area contributed by atoms with Crippen LogP contribution >= 0.6 is 0 Å². The number of nitrogens with one attached hydrogen (secondary N) is 1. The van der Waals surface area contributed by atoms with Gasteiger partial charge >= 0.3 is 13.2 Å². The van der Waals surface area contributed by atoms with Gasteiger partial charge in [0.1, 0.15) is 12.0 Å². The van der Waals surface area contributed by atoms with E-state index in [1.54, 1.807) is 6.92 Å². The van der Waals surface area contributed by atoms with Crippen LogP contribution in [0.25, 0.3) is 0 Å². The molecule has 2 aliphatic rings. The second-order valence-corrected chi connectivity index (χ2v) is 8.75. The van der Waals surface area contributed by atoms with Gasteiger partial charge in [0.15, 0.2) is 0 Å². The van der Waals surface area contributed by atoms with Crippen molar-refractivity contribution in [3.05, 3.63) is 29.1 Å². The molecular formula is C20H27BF2N2O5. The predicted molar refractivity (Wildman–Crippen MR) is 107 cm³/mol. The zero-order valence-electron chi connectivity index (χ0n) is 17.8. The molecular weight excluding hydrogens is 397 g/mol. The molecule has 0 unspecified atom stereocenters. The Hall–Kier alpha value is -2.20. The van der Waals surface area contributed by atoms with Crippen LogP contribution in [0.3, 0.4) is 0 Å². The minimum Gasteiger partial charge on any atom is -0.465 e. The van der Waals surface area contributed by atoms with Crippen LogP contribution < -0.4 is 10.8 Å². The number of carbonyl (C=O) groups excluding carboxylic acids is 1. The highest BCUT2D eigenvalue weighted by Crippen LogP contribution is 2.36. The van der Waals surface area contributed by atoms with Gasteiger partial charge in [0, 0.05) is 17.7 Å². The molecule has 0 aromatic heterocycles. The summed E-state index contributed by atoms with van der Waals surface area (Å²) in [6, 6.07) is 1.79. The first kappa shape index (κ1) is 22.5. The zero-order chi connectivity index (χ0) is 22.4. The summed E-state index contributed by atoms with van der Waals surface area (Å²) in [5.41, 5.74) is -0.666. The van der Waals surface area contributed by atoms with Crippen molar-refractivity contribution in [2.24, 2.45) is 0 Å². The summed E-state index contributed by atoms with van der Waals surface area (Å²) in [5, 5.41) is 11.5. The third kappa shape index (κ3) is 4.03. The van der Waals surface area contributed by atoms with Crippen LogP contribution in [0.2, 0.25) is 0 Å². The summed E-state index contributed by atoms with van der Waals surface area (Å²) < 4.78 is 40.9. The molecule has 2 N–H and O–H groups in total. The van der Waals surface area contributed by atoms with Crippen molar-refractivity contribution in [2.75, 3.05) is 13.1 Å². The van der Waals surface area contributed by atoms with E-state index < -0.39 is 48.4 Å². The SMILES string of the molecule is CCc1c(F)cc(B2OC(C)(C)C(C)(C)O2)cc1C(=O)N[C@@H]1CN(C(=O)O)C[C@@H]1F. The number of halogens is 2. The van der Waals surface area contributed by atoms with Crippen molar-refractivity contribution < 1.29 is 32.8 Å². The van der Waals surface area contributed by atoms with Gasteiger partial charge in [-0.2, -0.15) is 0 Å². The van der Waals surface area contributed by atoms with Crippen LogP contribution in [0.5, 0.6) is 0 Å². The quantitative estimate of drug-likeness (QED) is 0.724. The lowest BCUT2D eigenvalue weighted by Crippen LogP contribution is -2.43. The van der Waals surface area contributed by atoms with Gasteiger partial charge < -0.3 is 24.6 Å². The van der Waals surface area contributed by atoms with E-state index in [4.69, 9.17) is 14.4 Å². The Morgan fingerprint density at radius 3 is 2.33 bits per heavy atom. The Morgan fingerprint density at radius 1 is 1.23 bits per heavy atom. The van der Waals surface area contributed by atoms with E-state index >= 15 is 0 Å². The van der Waals surface area contributed by atoms with Crippen LogP contribution in [0.15, 0.2) is 12.1 Å². The minimum atomic E-state index is -1.54. The van der Waals surface area contributed by atoms with Crippen molar-refractivity contribution in [1.82, 2.24) is 10.2 Å². The van der Waals surface area contributed by atoms with Gasteiger partial charge in [-0.3, -0.25) is 4.79 Å². The summed E-state index contributed by atoms with van der Waals surface area (Å²) >= 11 is 0. The van der Waals surface area contributed by atoms with E-state index in [1.165, 1.54) is 12.1 Å². The molecule has 2 saturated heterocycles. The molecule has 0 aliphatic carbocycles. The van der Waals surface area contributed by atoms with Crippen molar-refractivity contribution >= 4 is 24.6 Å². The van der Waals surface area contributed by atoms with E-state index in [2.05, 4.69) is 5.32 Å². The molecule has 1 aromatic rings. The standard InChI is InChI=1S/C20H27BF2N2O5/c1-6-12-13(17(26)24-16-10-25(18(27)28)9-15(16)23)7-11(8-14(12)22)21-29-19(2,3)20(4,5)30-21/h7-8,15-16H,6,9-10H2,1-5H3,(H,24,26)(H,27,28)/t15-,16+/m0/s1. The highest BCUT2D eigenvalue weighted by Gasteiger charge is 2.52. The number of carboxylic acid groups (broad SMARTS) is 1. The van der Waals surface area contributed by atoms with E-state index in [-0.39, 0.29) is 30.6 Å². The molecule has 30 heavy (non-hydrogen) atoms. The number of likely N-dealkylation sites (tertiary alicyclic amines) is 1. The second kappa shape index (κ2) is 7.81. The first-order valence-corrected chi connectivity index (χ1v) is 9.97. The van der Waals surface area contributed by atoms with Crippen molar-refractivity contribution in [3.63, 3.8) is 0 Å². The van der Waals surface area contributed by atoms with Crippen LogP contribution in [0.1, 0.15) is 50.5 Å². The monoisotopic (exact) mass is 424 g/mol. The maximum absolute atomic E-state index is 14.8. The lowest BCUT2D eigenvalue weighted by atomic mass is 9.77. The fraction of sp³-hybridized carbons (Fsp3) is 0.600. The third-order valence-corrected chi connectivity index (χ3v) is 6.18. The fourth-order valence-corrected chi connectivity index (χ4v) is 3.64. The van der Waals surface area contributed by atoms with Crippen molar-refractivity contribution in [2.45, 2.75) is 64.5 Å². The number of rotatable bonds is 4. The highest BCUT2D eigenvalue weighted by molar-refractivity contribution is 6.62. The largest absolute Gasteiger partial charge is 0.494 e. The first-order valence-electron chi connectivity index (χ1n) is 9.97. The fourth-order valence-electron chi connectivity index (χ4n) is 3.64. The van der Waals surface area contributed by atoms with E-state index in [1.807, 2.05) is 27.7 Å². The second-order valence-electron chi connectivity index (χ2n) is 8.75. The Labute approximate surface area is 174 Å². The predicted octanol–water partition coefficient (Wildman–Crippen LogP) is 2.12. The summed E-state index contributed by atoms with van der Waals surface area (Å²) in [4.78, 5) is 24.8. The zero-order valence-corrected chi connectivity index (χ0v) is 17.8. The molecule has 1 aromatic carbocycles. The molecule has 7 nitrogen and oxygen atoms in total. The van der Waals surface area contributed by atoms with E-state index in [0.717, 1.165) is 4.90 Å². The molecule has 2 heterocycles. The van der Waals surface area contributed by atoms with Crippen LogP contribution in [-0.2, 0) is 15.7 Å². The molecule has 0 saturated carbocycles. The van der Waals surface area contributed by atoms with Crippen molar-refractivity contribution in [3.8, 4) is 0 Å². The number of nitrogens with zero attached hydrogens (tertiary/aromatic N) is 1. The van der Waals surface area contributed by atoms with Gasteiger partial charge in [-0.25, -0.2) is 13.6 Å². The smallest absolute Gasteiger partial charge is 0.465 e. The lowest BCUT2D eigenvalue weighted by molar-refractivity contribution is 0.00578. The third-order valence-electron chi connectivity index (χ3n) is 6.18. The number of alkyl halides is 1. The van der Waals surface area contributed by atoms with E-state index in [9.17, 15) is 18.4 Å². The van der Waals surface area contributed by atoms with Crippen molar-refractivity contribution in [1.29, 1.82) is 0 Å². The Kier molecular flexibility index (Phi) is 5.86. The number of hydrogen-bond acceptors (Lipinski definition) is 4. The maximum Gasteiger partial charge on any atom is 0.494 e. The normalized spacial score (nSPS) is 24.9. The van der Waals surface area contributed by atoms with Crippen LogP contribution in [0, 0.1) is 5.82 Å². The molecule has 2 atom stereocenters. The number of amides is 2. The summed E-state index contributed by atoms with van der Waals surface area (Å²) in [5.74, 6) is -1.24. The van der Waals surface area contributed by atoms with Gasteiger partial charge in [-0.1, -0.05) is 6.92 Å². The molecule has 10 heteroatoms. The number of carbonyl (C=O) groups is 2. The van der Waals surface area contributed by atoms with Gasteiger partial charge in [0.25, 0.3) is 5.91 Å². The summed E-state index contributed by atoms with van der Waals surface area (Å²) in [7, 11) is -0.857.